The molecule has 6 heteroatoms. The van der Waals surface area contributed by atoms with Crippen molar-refractivity contribution in [1.82, 2.24) is 14.4 Å². The van der Waals surface area contributed by atoms with E-state index in [9.17, 15) is 0 Å². The van der Waals surface area contributed by atoms with Gasteiger partial charge in [0.2, 0.25) is 0 Å². The van der Waals surface area contributed by atoms with Crippen molar-refractivity contribution >= 4 is 40.1 Å². The van der Waals surface area contributed by atoms with Gasteiger partial charge in [-0.3, -0.25) is 10.4 Å². The van der Waals surface area contributed by atoms with Gasteiger partial charge in [0.15, 0.2) is 0 Å². The minimum Gasteiger partial charge on any atom is -0.305 e. The van der Waals surface area contributed by atoms with Gasteiger partial charge in [-0.05, 0) is 64.6 Å². The third kappa shape index (κ3) is 3.69. The highest BCUT2D eigenvalue weighted by Gasteiger charge is 2.04. The molecule has 0 unspecified atom stereocenters. The number of fused-ring (bicyclic) bond motifs is 1. The number of rotatable bonds is 4. The molecule has 0 aliphatic heterocycles. The Kier molecular flexibility index (Phi) is 4.43. The van der Waals surface area contributed by atoms with Crippen LogP contribution in [-0.2, 0) is 0 Å². The van der Waals surface area contributed by atoms with E-state index in [-0.39, 0.29) is 0 Å². The molecule has 25 heavy (non-hydrogen) atoms. The van der Waals surface area contributed by atoms with Gasteiger partial charge in [0, 0.05) is 33.9 Å². The van der Waals surface area contributed by atoms with Gasteiger partial charge in [0.25, 0.3) is 0 Å². The number of hydrazone groups is 1. The maximum atomic E-state index is 4.66. The van der Waals surface area contributed by atoms with Crippen LogP contribution in [-0.4, -0.2) is 20.6 Å². The van der Waals surface area contributed by atoms with Crippen LogP contribution in [0.5, 0.6) is 0 Å². The van der Waals surface area contributed by atoms with Gasteiger partial charge in [0.1, 0.15) is 5.65 Å². The van der Waals surface area contributed by atoms with Crippen molar-refractivity contribution in [3.8, 4) is 11.3 Å². The highest BCUT2D eigenvalue weighted by atomic mass is 127. The molecule has 3 heterocycles. The van der Waals surface area contributed by atoms with Gasteiger partial charge in [-0.25, -0.2) is 4.98 Å². The zero-order valence-corrected chi connectivity index (χ0v) is 15.3. The number of halogens is 1. The van der Waals surface area contributed by atoms with Crippen molar-refractivity contribution < 1.29 is 0 Å². The third-order valence-corrected chi connectivity index (χ3v) is 4.35. The fraction of sp³-hybridized carbons (Fsp3) is 0. The molecule has 1 N–H and O–H groups in total. The molecule has 122 valence electrons. The second-order valence-corrected chi connectivity index (χ2v) is 6.71. The minimum atomic E-state index is 0.923. The van der Waals surface area contributed by atoms with Crippen LogP contribution in [0.2, 0.25) is 0 Å². The molecule has 0 bridgehead atoms. The monoisotopic (exact) mass is 439 g/mol. The van der Waals surface area contributed by atoms with E-state index < -0.39 is 0 Å². The lowest BCUT2D eigenvalue weighted by Gasteiger charge is -2.01. The number of nitrogens with zero attached hydrogens (tertiary/aromatic N) is 4. The van der Waals surface area contributed by atoms with E-state index in [2.05, 4.69) is 55.3 Å². The summed E-state index contributed by atoms with van der Waals surface area (Å²) in [5, 5.41) is 4.24. The summed E-state index contributed by atoms with van der Waals surface area (Å²) in [6.45, 7) is 0. The maximum Gasteiger partial charge on any atom is 0.137 e. The summed E-state index contributed by atoms with van der Waals surface area (Å²) in [6.07, 6.45) is 9.36. The molecular formula is C19H14IN5. The molecule has 0 atom stereocenters. The molecule has 0 aliphatic rings. The zero-order chi connectivity index (χ0) is 17.1. The Balaban J connectivity index is 1.50. The second kappa shape index (κ2) is 7.02. The molecule has 0 radical (unpaired) electrons. The Morgan fingerprint density at radius 1 is 0.960 bits per heavy atom. The number of hydrogen-bond donors (Lipinski definition) is 1. The smallest absolute Gasteiger partial charge is 0.137 e. The molecule has 0 fully saturated rings. The average Bonchev–Trinajstić information content (AvgIpc) is 3.06. The predicted octanol–water partition coefficient (Wildman–Crippen LogP) is 4.45. The van der Waals surface area contributed by atoms with Crippen molar-refractivity contribution in [2.45, 2.75) is 0 Å². The third-order valence-electron chi connectivity index (χ3n) is 3.71. The molecule has 5 nitrogen and oxygen atoms in total. The van der Waals surface area contributed by atoms with E-state index in [4.69, 9.17) is 0 Å². The van der Waals surface area contributed by atoms with Gasteiger partial charge in [-0.2, -0.15) is 5.10 Å². The SMILES string of the molecule is Ic1ccc2nc(-c3ccc(NN=Cc4ccncc4)cc3)cn2c1. The molecule has 0 amide bonds. The number of aromatic nitrogens is 3. The van der Waals surface area contributed by atoms with E-state index in [1.54, 1.807) is 18.6 Å². The highest BCUT2D eigenvalue weighted by molar-refractivity contribution is 14.1. The number of anilines is 1. The Bertz CT molecular complexity index is 1020. The minimum absolute atomic E-state index is 0.923. The highest BCUT2D eigenvalue weighted by Crippen LogP contribution is 2.22. The van der Waals surface area contributed by atoms with Crippen molar-refractivity contribution in [3.05, 3.63) is 82.5 Å². The summed E-state index contributed by atoms with van der Waals surface area (Å²) in [4.78, 5) is 8.64. The number of pyridine rings is 2. The largest absolute Gasteiger partial charge is 0.305 e. The average molecular weight is 439 g/mol. The summed E-state index contributed by atoms with van der Waals surface area (Å²) in [5.74, 6) is 0. The number of imidazole rings is 1. The molecule has 0 aliphatic carbocycles. The summed E-state index contributed by atoms with van der Waals surface area (Å²) < 4.78 is 3.23. The van der Waals surface area contributed by atoms with Gasteiger partial charge >= 0.3 is 0 Å². The molecule has 1 aromatic carbocycles. The summed E-state index contributed by atoms with van der Waals surface area (Å²) in [5.41, 5.74) is 7.92. The van der Waals surface area contributed by atoms with Crippen LogP contribution >= 0.6 is 22.6 Å². The van der Waals surface area contributed by atoms with Gasteiger partial charge in [0.05, 0.1) is 17.6 Å². The van der Waals surface area contributed by atoms with Gasteiger partial charge in [-0.15, -0.1) is 0 Å². The topological polar surface area (TPSA) is 54.6 Å². The van der Waals surface area contributed by atoms with Crippen molar-refractivity contribution in [2.24, 2.45) is 5.10 Å². The first-order chi connectivity index (χ1) is 12.3. The summed E-state index contributed by atoms with van der Waals surface area (Å²) >= 11 is 2.30. The van der Waals surface area contributed by atoms with E-state index in [0.29, 0.717) is 0 Å². The van der Waals surface area contributed by atoms with Crippen molar-refractivity contribution in [2.75, 3.05) is 5.43 Å². The Labute approximate surface area is 158 Å². The van der Waals surface area contributed by atoms with E-state index in [0.717, 1.165) is 28.2 Å². The normalized spacial score (nSPS) is 11.2. The van der Waals surface area contributed by atoms with Crippen LogP contribution in [0.4, 0.5) is 5.69 Å². The lowest BCUT2D eigenvalue weighted by atomic mass is 10.1. The van der Waals surface area contributed by atoms with Crippen LogP contribution in [0.1, 0.15) is 5.56 Å². The Morgan fingerprint density at radius 3 is 2.56 bits per heavy atom. The Hall–Kier alpha value is -2.74. The summed E-state index contributed by atoms with van der Waals surface area (Å²) in [6, 6.07) is 15.9. The quantitative estimate of drug-likeness (QED) is 0.291. The fourth-order valence-electron chi connectivity index (χ4n) is 2.45. The van der Waals surface area contributed by atoms with Crippen LogP contribution < -0.4 is 5.43 Å². The first-order valence-corrected chi connectivity index (χ1v) is 8.80. The number of nitrogens with one attached hydrogen (secondary N) is 1. The predicted molar refractivity (Wildman–Crippen MR) is 109 cm³/mol. The standard InChI is InChI=1S/C19H14IN5/c20-16-3-6-19-23-18(13-25(19)12-16)15-1-4-17(5-2-15)24-22-11-14-7-9-21-10-8-14/h1-13,24H. The van der Waals surface area contributed by atoms with Gasteiger partial charge < -0.3 is 4.40 Å². The first-order valence-electron chi connectivity index (χ1n) is 7.72. The van der Waals surface area contributed by atoms with Crippen LogP contribution in [0.15, 0.2) is 78.4 Å². The maximum absolute atomic E-state index is 4.66. The van der Waals surface area contributed by atoms with Crippen molar-refractivity contribution in [1.29, 1.82) is 0 Å². The van der Waals surface area contributed by atoms with E-state index in [1.807, 2.05) is 53.1 Å². The lowest BCUT2D eigenvalue weighted by Crippen LogP contribution is -1.90. The van der Waals surface area contributed by atoms with Crippen LogP contribution in [0, 0.1) is 3.57 Å². The zero-order valence-electron chi connectivity index (χ0n) is 13.2. The molecule has 0 spiro atoms. The van der Waals surface area contributed by atoms with Crippen LogP contribution in [0.3, 0.4) is 0 Å². The fourth-order valence-corrected chi connectivity index (χ4v) is 2.93. The second-order valence-electron chi connectivity index (χ2n) is 5.47. The first kappa shape index (κ1) is 15.8. The lowest BCUT2D eigenvalue weighted by molar-refractivity contribution is 1.17. The molecule has 0 saturated carbocycles. The van der Waals surface area contributed by atoms with E-state index >= 15 is 0 Å². The summed E-state index contributed by atoms with van der Waals surface area (Å²) in [7, 11) is 0. The van der Waals surface area contributed by atoms with E-state index in [1.165, 1.54) is 3.57 Å². The Morgan fingerprint density at radius 2 is 1.76 bits per heavy atom. The molecule has 4 rings (SSSR count). The molecule has 3 aromatic heterocycles. The molecule has 0 saturated heterocycles. The van der Waals surface area contributed by atoms with Gasteiger partial charge in [-0.1, -0.05) is 12.1 Å². The number of benzene rings is 1. The number of hydrogen-bond acceptors (Lipinski definition) is 4. The molecular weight excluding hydrogens is 425 g/mol. The van der Waals surface area contributed by atoms with Crippen molar-refractivity contribution in [3.63, 3.8) is 0 Å². The molecule has 4 aromatic rings. The van der Waals surface area contributed by atoms with Crippen LogP contribution in [0.25, 0.3) is 16.9 Å².